The average molecular weight is 473 g/mol. The summed E-state index contributed by atoms with van der Waals surface area (Å²) in [5.41, 5.74) is -0.222. The summed E-state index contributed by atoms with van der Waals surface area (Å²) in [4.78, 5) is 9.93. The minimum absolute atomic E-state index is 0. The number of rotatable bonds is 2. The second kappa shape index (κ2) is 6.10. The van der Waals surface area contributed by atoms with E-state index in [1.54, 1.807) is 0 Å². The van der Waals surface area contributed by atoms with Gasteiger partial charge in [0.2, 0.25) is 0 Å². The average Bonchev–Trinajstić information content (AvgIpc) is 2.91. The molecule has 0 aromatic rings. The number of ether oxygens (including phenoxy) is 1. The molecule has 98 valence electrons. The Morgan fingerprint density at radius 2 is 2.17 bits per heavy atom. The van der Waals surface area contributed by atoms with E-state index in [4.69, 9.17) is 10.1 Å². The third-order valence-corrected chi connectivity index (χ3v) is 4.29. The standard InChI is InChI=1S/C8H10NO.C6H11O.U/c9-8-6-2-4-1-5(6)7(3-4)10-8;1-4-6(2,3)5-7;/h3-7,9H,1-2H2;4H2,1-3H3;/q2*-1;+2. The fraction of sp³-hybridized carbons (Fsp3) is 0.786. The molecular formula is C14H21NO2U. The summed E-state index contributed by atoms with van der Waals surface area (Å²) in [6, 6.07) is 0. The first-order valence-electron chi connectivity index (χ1n) is 6.46. The monoisotopic (exact) mass is 473 g/mol. The van der Waals surface area contributed by atoms with Crippen LogP contribution in [0.15, 0.2) is 0 Å². The van der Waals surface area contributed by atoms with Crippen LogP contribution in [0.5, 0.6) is 0 Å². The molecule has 3 nitrogen and oxygen atoms in total. The Hall–Kier alpha value is 0.192. The minimum atomic E-state index is -0.222. The first-order chi connectivity index (χ1) is 7.96. The van der Waals surface area contributed by atoms with Crippen molar-refractivity contribution in [3.05, 3.63) is 6.42 Å². The van der Waals surface area contributed by atoms with E-state index in [1.807, 2.05) is 27.1 Å². The van der Waals surface area contributed by atoms with E-state index in [-0.39, 0.29) is 36.5 Å². The first kappa shape index (κ1) is 16.2. The molecule has 0 spiro atoms. The van der Waals surface area contributed by atoms with Crippen LogP contribution in [0.25, 0.3) is 0 Å². The van der Waals surface area contributed by atoms with E-state index in [2.05, 4.69) is 6.42 Å². The number of hydrogen-bond donors (Lipinski definition) is 1. The van der Waals surface area contributed by atoms with Crippen molar-refractivity contribution in [1.29, 1.82) is 5.41 Å². The van der Waals surface area contributed by atoms with Crippen LogP contribution in [0.3, 0.4) is 0 Å². The summed E-state index contributed by atoms with van der Waals surface area (Å²) < 4.78 is 5.37. The Morgan fingerprint density at radius 1 is 1.50 bits per heavy atom. The molecule has 1 N–H and O–H groups in total. The molecule has 4 atom stereocenters. The van der Waals surface area contributed by atoms with Crippen LogP contribution in [-0.2, 0) is 9.53 Å². The van der Waals surface area contributed by atoms with E-state index in [1.165, 1.54) is 12.8 Å². The molecule has 18 heavy (non-hydrogen) atoms. The van der Waals surface area contributed by atoms with Crippen LogP contribution in [0.4, 0.5) is 0 Å². The molecule has 2 bridgehead atoms. The van der Waals surface area contributed by atoms with Gasteiger partial charge in [0, 0.05) is 5.92 Å². The molecule has 0 aromatic carbocycles. The molecule has 3 aliphatic rings. The molecule has 4 unspecified atom stereocenters. The Kier molecular flexibility index (Phi) is 5.50. The molecule has 3 rings (SSSR count). The first-order valence-corrected chi connectivity index (χ1v) is 6.46. The van der Waals surface area contributed by atoms with Gasteiger partial charge in [-0.2, -0.15) is 5.92 Å². The third kappa shape index (κ3) is 3.20. The van der Waals surface area contributed by atoms with Crippen LogP contribution >= 0.6 is 0 Å². The zero-order chi connectivity index (χ0) is 12.6. The van der Waals surface area contributed by atoms with Crippen LogP contribution in [0, 0.1) is 66.1 Å². The molecule has 1 heterocycles. The number of nitrogens with one attached hydrogen (secondary N) is 1. The van der Waals surface area contributed by atoms with Crippen LogP contribution in [0.2, 0.25) is 0 Å². The Labute approximate surface area is 133 Å². The molecule has 1 saturated heterocycles. The zero-order valence-corrected chi connectivity index (χ0v) is 15.5. The SMILES string of the molecule is CCC(C)(C)[C-]=O.N=C1OC2[CH-]C3CC1C2C3.[U+2]. The third-order valence-electron chi connectivity index (χ3n) is 4.29. The van der Waals surface area contributed by atoms with Gasteiger partial charge >= 0.3 is 31.1 Å². The smallest absolute Gasteiger partial charge is 0.541 e. The molecule has 2 saturated carbocycles. The van der Waals surface area contributed by atoms with Crippen molar-refractivity contribution in [2.24, 2.45) is 23.2 Å². The van der Waals surface area contributed by atoms with Crippen LogP contribution in [0.1, 0.15) is 40.0 Å². The number of fused-ring (bicyclic) bond motifs is 1. The molecule has 2 aliphatic carbocycles. The number of hydrogen-bond acceptors (Lipinski definition) is 3. The zero-order valence-electron chi connectivity index (χ0n) is 11.3. The fourth-order valence-electron chi connectivity index (χ4n) is 2.78. The normalized spacial score (nSPS) is 35.4. The van der Waals surface area contributed by atoms with Gasteiger partial charge in [-0.3, -0.25) is 18.1 Å². The van der Waals surface area contributed by atoms with Crippen LogP contribution in [-0.4, -0.2) is 18.3 Å². The van der Waals surface area contributed by atoms with Gasteiger partial charge < -0.3 is 9.53 Å². The van der Waals surface area contributed by atoms with Gasteiger partial charge in [0.25, 0.3) is 0 Å². The Bertz CT molecular complexity index is 328. The predicted octanol–water partition coefficient (Wildman–Crippen LogP) is 2.76. The molecule has 0 aromatic heterocycles. The van der Waals surface area contributed by atoms with Crippen molar-refractivity contribution in [1.82, 2.24) is 0 Å². The van der Waals surface area contributed by atoms with E-state index < -0.39 is 0 Å². The maximum Gasteiger partial charge on any atom is 2.00 e. The summed E-state index contributed by atoms with van der Waals surface area (Å²) in [6.45, 7) is 5.73. The van der Waals surface area contributed by atoms with Crippen molar-refractivity contribution >= 4 is 12.2 Å². The molecule has 0 radical (unpaired) electrons. The summed E-state index contributed by atoms with van der Waals surface area (Å²) >= 11 is 0. The predicted molar refractivity (Wildman–Crippen MR) is 66.4 cm³/mol. The van der Waals surface area contributed by atoms with Gasteiger partial charge in [-0.1, -0.05) is 40.0 Å². The van der Waals surface area contributed by atoms with E-state index in [0.29, 0.717) is 23.8 Å². The maximum atomic E-state index is 9.93. The van der Waals surface area contributed by atoms with Gasteiger partial charge in [0.15, 0.2) is 5.90 Å². The maximum absolute atomic E-state index is 9.93. The van der Waals surface area contributed by atoms with Crippen molar-refractivity contribution in [3.8, 4) is 0 Å². The molecular weight excluding hydrogens is 452 g/mol. The topological polar surface area (TPSA) is 50.2 Å². The second-order valence-electron chi connectivity index (χ2n) is 5.98. The molecule has 0 amide bonds. The summed E-state index contributed by atoms with van der Waals surface area (Å²) in [5.74, 6) is 2.53. The van der Waals surface area contributed by atoms with Crippen LogP contribution < -0.4 is 0 Å². The summed E-state index contributed by atoms with van der Waals surface area (Å²) in [7, 11) is 0. The fourth-order valence-corrected chi connectivity index (χ4v) is 2.78. The Balaban J connectivity index is 0.000000184. The molecule has 1 aliphatic heterocycles. The summed E-state index contributed by atoms with van der Waals surface area (Å²) in [6.07, 6.45) is 7.92. The molecule has 4 heteroatoms. The van der Waals surface area contributed by atoms with Gasteiger partial charge in [-0.15, -0.1) is 5.41 Å². The second-order valence-corrected chi connectivity index (χ2v) is 5.98. The van der Waals surface area contributed by atoms with Crippen molar-refractivity contribution in [2.45, 2.75) is 46.1 Å². The largest absolute Gasteiger partial charge is 2.00 e. The summed E-state index contributed by atoms with van der Waals surface area (Å²) in [5, 5.41) is 7.49. The van der Waals surface area contributed by atoms with E-state index in [9.17, 15) is 4.79 Å². The minimum Gasteiger partial charge on any atom is -0.541 e. The van der Waals surface area contributed by atoms with Crippen molar-refractivity contribution in [3.63, 3.8) is 0 Å². The van der Waals surface area contributed by atoms with Gasteiger partial charge in [0.05, 0.1) is 0 Å². The van der Waals surface area contributed by atoms with E-state index in [0.717, 1.165) is 12.3 Å². The molecule has 3 fully saturated rings. The van der Waals surface area contributed by atoms with Gasteiger partial charge in [-0.05, 0) is 12.0 Å². The quantitative estimate of drug-likeness (QED) is 0.628. The van der Waals surface area contributed by atoms with Crippen molar-refractivity contribution in [2.75, 3.05) is 0 Å². The number of carbonyl (C=O) groups excluding carboxylic acids is 1. The Morgan fingerprint density at radius 3 is 2.50 bits per heavy atom. The van der Waals surface area contributed by atoms with Gasteiger partial charge in [0.1, 0.15) is 0 Å². The van der Waals surface area contributed by atoms with E-state index >= 15 is 0 Å². The van der Waals surface area contributed by atoms with Gasteiger partial charge in [-0.25, -0.2) is 0 Å². The van der Waals surface area contributed by atoms with Crippen molar-refractivity contribution < 1.29 is 40.6 Å².